The van der Waals surface area contributed by atoms with Crippen LogP contribution in [0.15, 0.2) is 65.7 Å². The summed E-state index contributed by atoms with van der Waals surface area (Å²) in [6, 6.07) is 6.70. The van der Waals surface area contributed by atoms with Gasteiger partial charge in [-0.05, 0) is 18.2 Å². The smallest absolute Gasteiger partial charge is 0.335 e. The summed E-state index contributed by atoms with van der Waals surface area (Å²) in [6.45, 7) is 3.80. The third-order valence-electron chi connectivity index (χ3n) is 4.49. The number of aromatic nitrogens is 2. The molecule has 1 atom stereocenters. The van der Waals surface area contributed by atoms with Crippen molar-refractivity contribution in [3.05, 3.63) is 72.1 Å². The Morgan fingerprint density at radius 3 is 2.89 bits per heavy atom. The minimum atomic E-state index is -0.534. The second-order valence-electron chi connectivity index (χ2n) is 6.24. The van der Waals surface area contributed by atoms with Crippen LogP contribution in [-0.2, 0) is 11.3 Å². The molecule has 0 bridgehead atoms. The minimum absolute atomic E-state index is 0.0429. The van der Waals surface area contributed by atoms with E-state index >= 15 is 0 Å². The van der Waals surface area contributed by atoms with Crippen molar-refractivity contribution >= 4 is 29.3 Å². The molecule has 8 heteroatoms. The number of hydrogen-bond acceptors (Lipinski definition) is 5. The van der Waals surface area contributed by atoms with Crippen molar-refractivity contribution in [1.82, 2.24) is 15.0 Å². The Morgan fingerprint density at radius 2 is 2.11 bits per heavy atom. The van der Waals surface area contributed by atoms with E-state index in [9.17, 15) is 9.59 Å². The van der Waals surface area contributed by atoms with Crippen molar-refractivity contribution in [2.75, 3.05) is 6.54 Å². The van der Waals surface area contributed by atoms with Gasteiger partial charge in [0.05, 0.1) is 5.02 Å². The summed E-state index contributed by atoms with van der Waals surface area (Å²) in [7, 11) is 0. The quantitative estimate of drug-likeness (QED) is 0.573. The lowest BCUT2D eigenvalue weighted by molar-refractivity contribution is -0.459. The summed E-state index contributed by atoms with van der Waals surface area (Å²) in [5, 5.41) is 4.47. The van der Waals surface area contributed by atoms with E-state index in [2.05, 4.69) is 16.7 Å². The van der Waals surface area contributed by atoms with Gasteiger partial charge in [-0.15, -0.1) is 0 Å². The molecule has 0 radical (unpaired) electrons. The van der Waals surface area contributed by atoms with Gasteiger partial charge in [0.1, 0.15) is 18.2 Å². The Bertz CT molecular complexity index is 1070. The van der Waals surface area contributed by atoms with Crippen LogP contribution in [0.2, 0.25) is 5.02 Å². The van der Waals surface area contributed by atoms with E-state index in [1.807, 2.05) is 12.1 Å². The van der Waals surface area contributed by atoms with E-state index in [1.54, 1.807) is 36.4 Å². The summed E-state index contributed by atoms with van der Waals surface area (Å²) < 4.78 is 6.81. The van der Waals surface area contributed by atoms with E-state index in [1.165, 1.54) is 10.7 Å². The van der Waals surface area contributed by atoms with Crippen LogP contribution >= 0.6 is 11.6 Å². The fourth-order valence-electron chi connectivity index (χ4n) is 3.18. The molecule has 2 aromatic rings. The fraction of sp³-hybridized carbons (Fsp3) is 0.150. The molecule has 1 aromatic heterocycles. The van der Waals surface area contributed by atoms with Crippen LogP contribution in [-0.4, -0.2) is 43.8 Å². The van der Waals surface area contributed by atoms with Crippen molar-refractivity contribution in [1.29, 1.82) is 0 Å². The lowest BCUT2D eigenvalue weighted by atomic mass is 9.94. The molecule has 1 aliphatic heterocycles. The first kappa shape index (κ1) is 18.1. The van der Waals surface area contributed by atoms with Crippen LogP contribution in [0.3, 0.4) is 0 Å². The first-order chi connectivity index (χ1) is 13.6. The molecule has 1 unspecified atom stereocenters. The van der Waals surface area contributed by atoms with E-state index in [0.717, 1.165) is 4.90 Å². The molecule has 0 saturated heterocycles. The zero-order valence-corrected chi connectivity index (χ0v) is 15.5. The lowest BCUT2D eigenvalue weighted by Crippen LogP contribution is -2.54. The second kappa shape index (κ2) is 7.36. The molecule has 0 spiro atoms. The van der Waals surface area contributed by atoms with Crippen LogP contribution in [0, 0.1) is 5.92 Å². The number of halogens is 1. The SMILES string of the molecule is C=CCN1C(=O)C2C=CC=CC2=[N+](Cc2nc(-c3ccccc3Cl)no2)C1=O. The normalized spacial score (nSPS) is 18.6. The monoisotopic (exact) mass is 395 g/mol. The van der Waals surface area contributed by atoms with Gasteiger partial charge >= 0.3 is 11.9 Å². The minimum Gasteiger partial charge on any atom is -0.335 e. The van der Waals surface area contributed by atoms with Crippen LogP contribution < -0.4 is 0 Å². The van der Waals surface area contributed by atoms with E-state index in [-0.39, 0.29) is 24.9 Å². The van der Waals surface area contributed by atoms with Gasteiger partial charge in [0.25, 0.3) is 5.89 Å². The molecule has 28 heavy (non-hydrogen) atoms. The number of rotatable bonds is 5. The highest BCUT2D eigenvalue weighted by Gasteiger charge is 2.46. The third-order valence-corrected chi connectivity index (χ3v) is 4.82. The van der Waals surface area contributed by atoms with E-state index in [0.29, 0.717) is 22.1 Å². The first-order valence-corrected chi connectivity index (χ1v) is 9.01. The molecule has 2 aliphatic rings. The Labute approximate surface area is 165 Å². The van der Waals surface area contributed by atoms with Crippen molar-refractivity contribution in [3.63, 3.8) is 0 Å². The Balaban J connectivity index is 1.70. The van der Waals surface area contributed by atoms with Crippen molar-refractivity contribution < 1.29 is 18.7 Å². The highest BCUT2D eigenvalue weighted by Crippen LogP contribution is 2.26. The highest BCUT2D eigenvalue weighted by atomic mass is 35.5. The first-order valence-electron chi connectivity index (χ1n) is 8.63. The van der Waals surface area contributed by atoms with Gasteiger partial charge in [-0.2, -0.15) is 19.3 Å². The van der Waals surface area contributed by atoms with Crippen molar-refractivity contribution in [3.8, 4) is 11.4 Å². The van der Waals surface area contributed by atoms with E-state index in [4.69, 9.17) is 16.1 Å². The number of benzene rings is 1. The lowest BCUT2D eigenvalue weighted by Gasteiger charge is -2.25. The standard InChI is InChI=1S/C20H16ClN4O3/c1-2-11-24-19(26)14-8-4-6-10-16(14)25(20(24)27)12-17-22-18(23-28-17)13-7-3-5-9-15(13)21/h2-10,14H,1,11-12H2/q+1. The molecule has 1 aliphatic carbocycles. The summed E-state index contributed by atoms with van der Waals surface area (Å²) in [6.07, 6.45) is 8.59. The molecule has 4 rings (SSSR count). The summed E-state index contributed by atoms with van der Waals surface area (Å²) in [5.74, 6) is -0.234. The number of urea groups is 1. The van der Waals surface area contributed by atoms with Crippen molar-refractivity contribution in [2.45, 2.75) is 6.54 Å². The highest BCUT2D eigenvalue weighted by molar-refractivity contribution is 6.33. The van der Waals surface area contributed by atoms with Gasteiger partial charge < -0.3 is 4.52 Å². The maximum absolute atomic E-state index is 12.9. The van der Waals surface area contributed by atoms with Crippen LogP contribution in [0.4, 0.5) is 4.79 Å². The predicted molar refractivity (Wildman–Crippen MR) is 103 cm³/mol. The molecule has 3 amide bonds. The second-order valence-corrected chi connectivity index (χ2v) is 6.65. The van der Waals surface area contributed by atoms with Gasteiger partial charge in [-0.1, -0.05) is 59.8 Å². The number of nitrogens with zero attached hydrogens (tertiary/aromatic N) is 4. The van der Waals surface area contributed by atoms with Gasteiger partial charge in [0, 0.05) is 5.56 Å². The molecule has 7 nitrogen and oxygen atoms in total. The number of hydrogen-bond donors (Lipinski definition) is 0. The van der Waals surface area contributed by atoms with Gasteiger partial charge in [-0.3, -0.25) is 0 Å². The topological polar surface area (TPSA) is 79.3 Å². The largest absolute Gasteiger partial charge is 0.501 e. The van der Waals surface area contributed by atoms with Gasteiger partial charge in [0.15, 0.2) is 6.54 Å². The number of imide groups is 1. The van der Waals surface area contributed by atoms with Crippen molar-refractivity contribution in [2.24, 2.45) is 5.92 Å². The Morgan fingerprint density at radius 1 is 1.29 bits per heavy atom. The summed E-state index contributed by atoms with van der Waals surface area (Å²) in [4.78, 5) is 31.1. The van der Waals surface area contributed by atoms with Crippen LogP contribution in [0.25, 0.3) is 11.4 Å². The average Bonchev–Trinajstić information content (AvgIpc) is 3.17. The maximum Gasteiger partial charge on any atom is 0.501 e. The predicted octanol–water partition coefficient (Wildman–Crippen LogP) is 3.23. The third kappa shape index (κ3) is 3.10. The average molecular weight is 396 g/mol. The van der Waals surface area contributed by atoms with Gasteiger partial charge in [-0.25, -0.2) is 4.79 Å². The Kier molecular flexibility index (Phi) is 4.75. The Hall–Kier alpha value is -3.32. The summed E-state index contributed by atoms with van der Waals surface area (Å²) in [5.41, 5.74) is 1.22. The summed E-state index contributed by atoms with van der Waals surface area (Å²) >= 11 is 6.18. The zero-order valence-electron chi connectivity index (χ0n) is 14.8. The number of allylic oxidation sites excluding steroid dienone is 3. The maximum atomic E-state index is 12.9. The molecular formula is C20H16ClN4O3+. The molecule has 0 saturated carbocycles. The molecule has 0 fully saturated rings. The zero-order chi connectivity index (χ0) is 19.7. The van der Waals surface area contributed by atoms with Gasteiger partial charge in [0.2, 0.25) is 5.82 Å². The fourth-order valence-corrected chi connectivity index (χ4v) is 3.40. The van der Waals surface area contributed by atoms with Crippen LogP contribution in [0.5, 0.6) is 0 Å². The number of fused-ring (bicyclic) bond motifs is 1. The van der Waals surface area contributed by atoms with E-state index < -0.39 is 11.9 Å². The molecule has 0 N–H and O–H groups in total. The number of carbonyl (C=O) groups excluding carboxylic acids is 2. The number of amides is 3. The molecule has 140 valence electrons. The van der Waals surface area contributed by atoms with Crippen LogP contribution in [0.1, 0.15) is 5.89 Å². The number of carbonyl (C=O) groups is 2. The molecule has 1 aromatic carbocycles. The molecule has 2 heterocycles. The molecular weight excluding hydrogens is 380 g/mol.